The van der Waals surface area contributed by atoms with Gasteiger partial charge in [-0.2, -0.15) is 0 Å². The maximum atomic E-state index is 13.2. The molecule has 1 aromatic heterocycles. The summed E-state index contributed by atoms with van der Waals surface area (Å²) in [5.74, 6) is -0.621. The van der Waals surface area contributed by atoms with Gasteiger partial charge < -0.3 is 14.6 Å². The maximum absolute atomic E-state index is 13.2. The van der Waals surface area contributed by atoms with Crippen molar-refractivity contribution in [3.05, 3.63) is 83.6 Å². The van der Waals surface area contributed by atoms with Crippen LogP contribution >= 0.6 is 0 Å². The lowest BCUT2D eigenvalue weighted by Gasteiger charge is -2.21. The van der Waals surface area contributed by atoms with Gasteiger partial charge in [0.2, 0.25) is 0 Å². The molecule has 0 aliphatic rings. The van der Waals surface area contributed by atoms with Gasteiger partial charge in [-0.1, -0.05) is 79.2 Å². The zero-order chi connectivity index (χ0) is 20.6. The van der Waals surface area contributed by atoms with Crippen molar-refractivity contribution in [2.24, 2.45) is 0 Å². The molecule has 0 bridgehead atoms. The summed E-state index contributed by atoms with van der Waals surface area (Å²) in [6.45, 7) is 3.66. The van der Waals surface area contributed by atoms with E-state index < -0.39 is 23.9 Å². The Bertz CT molecular complexity index is 898. The number of aromatic nitrogens is 1. The molecule has 0 aliphatic heterocycles. The zero-order valence-corrected chi connectivity index (χ0v) is 16.5. The van der Waals surface area contributed by atoms with Crippen LogP contribution in [-0.2, 0) is 14.3 Å². The van der Waals surface area contributed by atoms with Crippen LogP contribution in [0.4, 0.5) is 5.82 Å². The zero-order valence-electron chi connectivity index (χ0n) is 16.5. The molecule has 0 saturated heterocycles. The van der Waals surface area contributed by atoms with Gasteiger partial charge in [0.15, 0.2) is 11.9 Å². The number of benzene rings is 2. The molecule has 0 aliphatic carbocycles. The monoisotopic (exact) mass is 392 g/mol. The van der Waals surface area contributed by atoms with Gasteiger partial charge in [-0.3, -0.25) is 9.59 Å². The SMILES string of the molecule is CCC[C@@H](OC(=O)C(c1ccccc1)c1ccccc1)C(=O)Nc1cc(C)on1. The molecule has 6 nitrogen and oxygen atoms in total. The fourth-order valence-electron chi connectivity index (χ4n) is 3.10. The number of hydrogen-bond donors (Lipinski definition) is 1. The van der Waals surface area contributed by atoms with E-state index in [4.69, 9.17) is 9.26 Å². The number of esters is 1. The summed E-state index contributed by atoms with van der Waals surface area (Å²) in [6, 6.07) is 20.4. The first kappa shape index (κ1) is 20.3. The van der Waals surface area contributed by atoms with Gasteiger partial charge in [0.05, 0.1) is 0 Å². The lowest BCUT2D eigenvalue weighted by molar-refractivity contribution is -0.155. The number of anilines is 1. The first-order valence-corrected chi connectivity index (χ1v) is 9.63. The topological polar surface area (TPSA) is 81.4 Å². The Labute approximate surface area is 169 Å². The summed E-state index contributed by atoms with van der Waals surface area (Å²) < 4.78 is 10.7. The molecule has 0 radical (unpaired) electrons. The number of carbonyl (C=O) groups excluding carboxylic acids is 2. The van der Waals surface area contributed by atoms with Gasteiger partial charge in [0.1, 0.15) is 11.7 Å². The van der Waals surface area contributed by atoms with Crippen molar-refractivity contribution in [1.82, 2.24) is 5.16 Å². The lowest BCUT2D eigenvalue weighted by Crippen LogP contribution is -2.34. The molecule has 2 aromatic carbocycles. The summed E-state index contributed by atoms with van der Waals surface area (Å²) in [4.78, 5) is 25.8. The van der Waals surface area contributed by atoms with E-state index in [0.717, 1.165) is 11.1 Å². The fraction of sp³-hybridized carbons (Fsp3) is 0.261. The maximum Gasteiger partial charge on any atom is 0.318 e. The van der Waals surface area contributed by atoms with E-state index in [-0.39, 0.29) is 0 Å². The van der Waals surface area contributed by atoms with Crippen molar-refractivity contribution in [2.75, 3.05) is 5.32 Å². The van der Waals surface area contributed by atoms with Gasteiger partial charge in [-0.15, -0.1) is 0 Å². The molecule has 3 aromatic rings. The largest absolute Gasteiger partial charge is 0.452 e. The van der Waals surface area contributed by atoms with Crippen molar-refractivity contribution in [3.8, 4) is 0 Å². The number of ether oxygens (including phenoxy) is 1. The second-order valence-corrected chi connectivity index (χ2v) is 6.78. The molecule has 29 heavy (non-hydrogen) atoms. The average molecular weight is 392 g/mol. The van der Waals surface area contributed by atoms with Gasteiger partial charge in [-0.25, -0.2) is 0 Å². The number of hydrogen-bond acceptors (Lipinski definition) is 5. The standard InChI is InChI=1S/C23H24N2O4/c1-3-10-19(22(26)24-20-15-16(2)29-25-20)28-23(27)21(17-11-6-4-7-12-17)18-13-8-5-9-14-18/h4-9,11-15,19,21H,3,10H2,1-2H3,(H,24,25,26)/t19-/m1/s1. The Morgan fingerprint density at radius 3 is 2.10 bits per heavy atom. The van der Waals surface area contributed by atoms with Crippen LogP contribution in [0.25, 0.3) is 0 Å². The average Bonchev–Trinajstić information content (AvgIpc) is 3.14. The van der Waals surface area contributed by atoms with E-state index in [0.29, 0.717) is 24.4 Å². The summed E-state index contributed by atoms with van der Waals surface area (Å²) in [6.07, 6.45) is 0.175. The van der Waals surface area contributed by atoms with Crippen molar-refractivity contribution >= 4 is 17.7 Å². The predicted molar refractivity (Wildman–Crippen MR) is 109 cm³/mol. The number of carbonyl (C=O) groups is 2. The number of nitrogens with zero attached hydrogens (tertiary/aromatic N) is 1. The molecular formula is C23H24N2O4. The van der Waals surface area contributed by atoms with E-state index in [9.17, 15) is 9.59 Å². The number of nitrogens with one attached hydrogen (secondary N) is 1. The third-order valence-corrected chi connectivity index (χ3v) is 4.48. The molecule has 0 unspecified atom stereocenters. The van der Waals surface area contributed by atoms with Crippen LogP contribution < -0.4 is 5.32 Å². The minimum atomic E-state index is -0.917. The van der Waals surface area contributed by atoms with Crippen molar-refractivity contribution in [1.29, 1.82) is 0 Å². The van der Waals surface area contributed by atoms with Crippen LogP contribution in [0.2, 0.25) is 0 Å². The smallest absolute Gasteiger partial charge is 0.318 e. The molecule has 150 valence electrons. The molecule has 0 spiro atoms. The number of amides is 1. The van der Waals surface area contributed by atoms with Gasteiger partial charge in [0.25, 0.3) is 5.91 Å². The van der Waals surface area contributed by atoms with E-state index in [2.05, 4.69) is 10.5 Å². The second-order valence-electron chi connectivity index (χ2n) is 6.78. The van der Waals surface area contributed by atoms with E-state index >= 15 is 0 Å². The lowest BCUT2D eigenvalue weighted by atomic mass is 9.91. The quantitative estimate of drug-likeness (QED) is 0.572. The van der Waals surface area contributed by atoms with Crippen molar-refractivity contribution in [3.63, 3.8) is 0 Å². The first-order chi connectivity index (χ1) is 14.1. The highest BCUT2D eigenvalue weighted by molar-refractivity contribution is 5.95. The highest BCUT2D eigenvalue weighted by atomic mass is 16.5. The second kappa shape index (κ2) is 9.68. The van der Waals surface area contributed by atoms with Crippen molar-refractivity contribution < 1.29 is 18.8 Å². The highest BCUT2D eigenvalue weighted by Gasteiger charge is 2.30. The Morgan fingerprint density at radius 1 is 1.03 bits per heavy atom. The predicted octanol–water partition coefficient (Wildman–Crippen LogP) is 4.47. The molecule has 1 atom stereocenters. The Kier molecular flexibility index (Phi) is 6.79. The minimum Gasteiger partial charge on any atom is -0.452 e. The Morgan fingerprint density at radius 2 is 1.62 bits per heavy atom. The minimum absolute atomic E-state index is 0.298. The molecule has 6 heteroatoms. The van der Waals surface area contributed by atoms with Gasteiger partial charge >= 0.3 is 5.97 Å². The van der Waals surface area contributed by atoms with E-state index in [1.165, 1.54) is 0 Å². The molecule has 1 N–H and O–H groups in total. The van der Waals surface area contributed by atoms with Gasteiger partial charge in [-0.05, 0) is 24.5 Å². The molecule has 1 amide bonds. The number of aryl methyl sites for hydroxylation is 1. The van der Waals surface area contributed by atoms with E-state index in [1.54, 1.807) is 13.0 Å². The third kappa shape index (κ3) is 5.31. The molecule has 1 heterocycles. The summed E-state index contributed by atoms with van der Waals surface area (Å²) in [7, 11) is 0. The fourth-order valence-corrected chi connectivity index (χ4v) is 3.10. The summed E-state index contributed by atoms with van der Waals surface area (Å²) in [5.41, 5.74) is 1.62. The van der Waals surface area contributed by atoms with Crippen LogP contribution in [-0.4, -0.2) is 23.1 Å². The normalized spacial score (nSPS) is 11.8. The third-order valence-electron chi connectivity index (χ3n) is 4.48. The van der Waals surface area contributed by atoms with Crippen LogP contribution in [0.5, 0.6) is 0 Å². The molecule has 0 saturated carbocycles. The summed E-state index contributed by atoms with van der Waals surface area (Å²) in [5, 5.41) is 6.41. The first-order valence-electron chi connectivity index (χ1n) is 9.63. The number of rotatable bonds is 8. The Hall–Kier alpha value is -3.41. The Balaban J connectivity index is 1.81. The van der Waals surface area contributed by atoms with Crippen LogP contribution in [0, 0.1) is 6.92 Å². The van der Waals surface area contributed by atoms with Crippen LogP contribution in [0.15, 0.2) is 71.3 Å². The highest BCUT2D eigenvalue weighted by Crippen LogP contribution is 2.27. The molecule has 0 fully saturated rings. The van der Waals surface area contributed by atoms with Crippen LogP contribution in [0.3, 0.4) is 0 Å². The van der Waals surface area contributed by atoms with Crippen molar-refractivity contribution in [2.45, 2.75) is 38.7 Å². The summed E-state index contributed by atoms with van der Waals surface area (Å²) >= 11 is 0. The molecular weight excluding hydrogens is 368 g/mol. The van der Waals surface area contributed by atoms with E-state index in [1.807, 2.05) is 67.6 Å². The molecule has 3 rings (SSSR count). The van der Waals surface area contributed by atoms with Gasteiger partial charge in [0, 0.05) is 6.07 Å². The van der Waals surface area contributed by atoms with Crippen LogP contribution in [0.1, 0.15) is 42.6 Å².